The number of hydrogen-bond acceptors (Lipinski definition) is 8. The number of piperazine rings is 1. The van der Waals surface area contributed by atoms with Crippen LogP contribution in [0.1, 0.15) is 83.3 Å². The SMILES string of the molecule is C=CCCCCC[C@H](NC(=O)OC(C)(C)C)C(=O)N1CCN(C(=O)OCC2c3ccccc3-c3ccccc32)CC1C(=O)N[C@]1(C(=O)OCC)C[C@H]1C=C. The summed E-state index contributed by atoms with van der Waals surface area (Å²) in [4.78, 5) is 71.3. The number of nitrogens with zero attached hydrogens (tertiary/aromatic N) is 2. The molecule has 0 aromatic heterocycles. The van der Waals surface area contributed by atoms with Crippen LogP contribution in [0.25, 0.3) is 11.1 Å². The Kier molecular flexibility index (Phi) is 12.9. The Hall–Kier alpha value is -5.13. The van der Waals surface area contributed by atoms with E-state index in [0.29, 0.717) is 19.3 Å². The summed E-state index contributed by atoms with van der Waals surface area (Å²) < 4.78 is 16.7. The van der Waals surface area contributed by atoms with Gasteiger partial charge in [-0.15, -0.1) is 13.2 Å². The van der Waals surface area contributed by atoms with Gasteiger partial charge in [0.15, 0.2) is 0 Å². The van der Waals surface area contributed by atoms with Crippen LogP contribution in [0.4, 0.5) is 9.59 Å². The molecule has 0 bridgehead atoms. The summed E-state index contributed by atoms with van der Waals surface area (Å²) in [6.07, 6.45) is 5.79. The average molecular weight is 743 g/mol. The molecule has 1 saturated heterocycles. The quantitative estimate of drug-likeness (QED) is 0.0965. The van der Waals surface area contributed by atoms with Gasteiger partial charge in [-0.05, 0) is 75.6 Å². The van der Waals surface area contributed by atoms with Gasteiger partial charge in [-0.25, -0.2) is 14.4 Å². The van der Waals surface area contributed by atoms with Crippen molar-refractivity contribution in [3.63, 3.8) is 0 Å². The second-order valence-electron chi connectivity index (χ2n) is 15.2. The Balaban J connectivity index is 1.36. The number of carbonyl (C=O) groups is 5. The number of nitrogens with one attached hydrogen (secondary N) is 2. The van der Waals surface area contributed by atoms with Crippen molar-refractivity contribution in [1.29, 1.82) is 0 Å². The minimum atomic E-state index is -1.32. The summed E-state index contributed by atoms with van der Waals surface area (Å²) in [5.74, 6) is -2.22. The first-order valence-electron chi connectivity index (χ1n) is 19.0. The number of esters is 1. The Morgan fingerprint density at radius 3 is 2.20 bits per heavy atom. The number of allylic oxidation sites excluding steroid dienone is 1. The smallest absolute Gasteiger partial charge is 0.409 e. The number of carbonyl (C=O) groups excluding carboxylic acids is 5. The molecule has 54 heavy (non-hydrogen) atoms. The third-order valence-corrected chi connectivity index (χ3v) is 10.2. The van der Waals surface area contributed by atoms with E-state index in [4.69, 9.17) is 14.2 Å². The predicted molar refractivity (Wildman–Crippen MR) is 204 cm³/mol. The van der Waals surface area contributed by atoms with E-state index < -0.39 is 53.2 Å². The second-order valence-corrected chi connectivity index (χ2v) is 15.2. The summed E-state index contributed by atoms with van der Waals surface area (Å²) in [5.41, 5.74) is 2.21. The molecule has 12 nitrogen and oxygen atoms in total. The van der Waals surface area contributed by atoms with Crippen molar-refractivity contribution in [3.05, 3.63) is 85.0 Å². The minimum Gasteiger partial charge on any atom is -0.464 e. The lowest BCUT2D eigenvalue weighted by molar-refractivity contribution is -0.151. The van der Waals surface area contributed by atoms with E-state index in [2.05, 4.69) is 35.9 Å². The molecule has 2 aromatic rings. The largest absolute Gasteiger partial charge is 0.464 e. The van der Waals surface area contributed by atoms with E-state index in [9.17, 15) is 24.0 Å². The van der Waals surface area contributed by atoms with Crippen molar-refractivity contribution in [1.82, 2.24) is 20.4 Å². The van der Waals surface area contributed by atoms with E-state index >= 15 is 0 Å². The van der Waals surface area contributed by atoms with Gasteiger partial charge in [-0.2, -0.15) is 0 Å². The highest BCUT2D eigenvalue weighted by molar-refractivity contribution is 5.96. The van der Waals surface area contributed by atoms with Crippen molar-refractivity contribution in [2.45, 2.75) is 95.4 Å². The van der Waals surface area contributed by atoms with Crippen LogP contribution < -0.4 is 10.6 Å². The first kappa shape index (κ1) is 40.1. The monoisotopic (exact) mass is 742 g/mol. The molecule has 1 unspecified atom stereocenters. The molecule has 2 N–H and O–H groups in total. The van der Waals surface area contributed by atoms with Crippen LogP contribution in [0, 0.1) is 5.92 Å². The third-order valence-electron chi connectivity index (χ3n) is 10.2. The predicted octanol–water partition coefficient (Wildman–Crippen LogP) is 6.10. The van der Waals surface area contributed by atoms with Gasteiger partial charge in [0.05, 0.1) is 13.2 Å². The third kappa shape index (κ3) is 9.14. The molecule has 5 rings (SSSR count). The van der Waals surface area contributed by atoms with E-state index in [0.717, 1.165) is 41.5 Å². The molecule has 2 fully saturated rings. The van der Waals surface area contributed by atoms with Crippen LogP contribution in [0.2, 0.25) is 0 Å². The number of fused-ring (bicyclic) bond motifs is 3. The molecule has 1 aliphatic heterocycles. The zero-order valence-electron chi connectivity index (χ0n) is 31.9. The zero-order chi connectivity index (χ0) is 39.0. The van der Waals surface area contributed by atoms with Gasteiger partial charge >= 0.3 is 18.2 Å². The lowest BCUT2D eigenvalue weighted by Crippen LogP contribution is -2.65. The maximum Gasteiger partial charge on any atom is 0.409 e. The number of hydrogen-bond donors (Lipinski definition) is 2. The van der Waals surface area contributed by atoms with Crippen molar-refractivity contribution in [2.75, 3.05) is 32.8 Å². The van der Waals surface area contributed by atoms with Crippen LogP contribution in [-0.2, 0) is 28.6 Å². The molecular formula is C42H54N4O8. The minimum absolute atomic E-state index is 0.0125. The van der Waals surface area contributed by atoms with Crippen LogP contribution in [0.5, 0.6) is 0 Å². The Morgan fingerprint density at radius 1 is 0.944 bits per heavy atom. The molecule has 1 heterocycles. The molecule has 0 radical (unpaired) electrons. The van der Waals surface area contributed by atoms with Crippen LogP contribution >= 0.6 is 0 Å². The van der Waals surface area contributed by atoms with Gasteiger partial charge in [0.2, 0.25) is 11.8 Å². The molecule has 4 amide bonds. The van der Waals surface area contributed by atoms with Gasteiger partial charge < -0.3 is 34.6 Å². The highest BCUT2D eigenvalue weighted by atomic mass is 16.6. The molecule has 4 atom stereocenters. The van der Waals surface area contributed by atoms with Gasteiger partial charge in [0.1, 0.15) is 29.8 Å². The maximum absolute atomic E-state index is 14.4. The number of rotatable bonds is 15. The summed E-state index contributed by atoms with van der Waals surface area (Å²) in [6.45, 7) is 14.5. The van der Waals surface area contributed by atoms with E-state index in [1.165, 1.54) is 9.80 Å². The first-order chi connectivity index (χ1) is 25.8. The second kappa shape index (κ2) is 17.3. The van der Waals surface area contributed by atoms with E-state index in [-0.39, 0.29) is 44.7 Å². The fourth-order valence-electron chi connectivity index (χ4n) is 7.41. The number of benzene rings is 2. The van der Waals surface area contributed by atoms with Crippen LogP contribution in [0.3, 0.4) is 0 Å². The van der Waals surface area contributed by atoms with Crippen molar-refractivity contribution in [2.24, 2.45) is 5.92 Å². The van der Waals surface area contributed by atoms with Crippen LogP contribution in [0.15, 0.2) is 73.8 Å². The number of ether oxygens (including phenoxy) is 3. The normalized spacial score (nSPS) is 20.8. The summed E-state index contributed by atoms with van der Waals surface area (Å²) in [7, 11) is 0. The molecule has 3 aliphatic rings. The van der Waals surface area contributed by atoms with Gasteiger partial charge in [0.25, 0.3) is 0 Å². The summed E-state index contributed by atoms with van der Waals surface area (Å²) in [5, 5.41) is 5.60. The van der Waals surface area contributed by atoms with Crippen molar-refractivity contribution >= 4 is 30.0 Å². The molecule has 0 spiro atoms. The molecular weight excluding hydrogens is 688 g/mol. The fourth-order valence-corrected chi connectivity index (χ4v) is 7.41. The molecule has 12 heteroatoms. The lowest BCUT2D eigenvalue weighted by Gasteiger charge is -2.42. The summed E-state index contributed by atoms with van der Waals surface area (Å²) >= 11 is 0. The molecule has 2 aliphatic carbocycles. The molecule has 290 valence electrons. The van der Waals surface area contributed by atoms with Gasteiger partial charge in [-0.3, -0.25) is 9.59 Å². The fraction of sp³-hybridized carbons (Fsp3) is 0.500. The Bertz CT molecular complexity index is 1690. The first-order valence-corrected chi connectivity index (χ1v) is 19.0. The highest BCUT2D eigenvalue weighted by Gasteiger charge is 2.62. The maximum atomic E-state index is 14.4. The summed E-state index contributed by atoms with van der Waals surface area (Å²) in [6, 6.07) is 13.9. The van der Waals surface area contributed by atoms with Gasteiger partial charge in [-0.1, -0.05) is 73.5 Å². The number of alkyl carbamates (subject to hydrolysis) is 1. The Morgan fingerprint density at radius 2 is 1.61 bits per heavy atom. The van der Waals surface area contributed by atoms with Crippen LogP contribution in [-0.4, -0.2) is 95.8 Å². The van der Waals surface area contributed by atoms with Gasteiger partial charge in [0, 0.05) is 24.9 Å². The standard InChI is InChI=1S/C42H54N4O8/c1-7-10-11-12-13-22-34(43-39(50)54-41(4,5)6)37(48)46-24-23-45(26-35(46)36(47)44-42(25-28(42)8-2)38(49)52-9-3)40(51)53-27-33-31-20-16-14-18-29(31)30-19-15-17-21-32(30)33/h7-8,14-21,28,33-35H,1-2,9-13,22-27H2,3-6H3,(H,43,50)(H,44,47)/t28-,34+,35?,42-/m1/s1. The molecule has 1 saturated carbocycles. The molecule has 2 aromatic carbocycles. The number of amides is 4. The highest BCUT2D eigenvalue weighted by Crippen LogP contribution is 2.46. The average Bonchev–Trinajstić information content (AvgIpc) is 3.78. The number of unbranched alkanes of at least 4 members (excludes halogenated alkanes) is 3. The van der Waals surface area contributed by atoms with Crippen molar-refractivity contribution in [3.8, 4) is 11.1 Å². The van der Waals surface area contributed by atoms with E-state index in [1.54, 1.807) is 33.8 Å². The van der Waals surface area contributed by atoms with Crippen molar-refractivity contribution < 1.29 is 38.2 Å². The lowest BCUT2D eigenvalue weighted by atomic mass is 9.98. The topological polar surface area (TPSA) is 144 Å². The Labute approximate surface area is 318 Å². The zero-order valence-corrected chi connectivity index (χ0v) is 31.9. The van der Waals surface area contributed by atoms with E-state index in [1.807, 2.05) is 42.5 Å².